The van der Waals surface area contributed by atoms with Gasteiger partial charge in [0.05, 0.1) is 5.56 Å². The van der Waals surface area contributed by atoms with Crippen LogP contribution in [-0.2, 0) is 6.18 Å². The minimum atomic E-state index is -4.45. The lowest BCUT2D eigenvalue weighted by molar-refractivity contribution is -0.137. The molecule has 1 nitrogen and oxygen atoms in total. The summed E-state index contributed by atoms with van der Waals surface area (Å²) in [6, 6.07) is 3.59. The van der Waals surface area contributed by atoms with Crippen LogP contribution in [0.2, 0.25) is 5.02 Å². The summed E-state index contributed by atoms with van der Waals surface area (Å²) in [4.78, 5) is 0. The van der Waals surface area contributed by atoms with Gasteiger partial charge in [0.25, 0.3) is 0 Å². The fraction of sp³-hybridized carbons (Fsp3) is 0.200. The number of benzene rings is 1. The molecular formula is C10H9ClF3N. The zero-order valence-corrected chi connectivity index (χ0v) is 8.49. The number of hydrogen-bond acceptors (Lipinski definition) is 1. The summed E-state index contributed by atoms with van der Waals surface area (Å²) in [5, 5.41) is 0.0141. The quantitative estimate of drug-likeness (QED) is 0.836. The fourth-order valence-electron chi connectivity index (χ4n) is 1.22. The molecule has 0 aliphatic carbocycles. The molecule has 0 aliphatic rings. The molecule has 82 valence electrons. The molecule has 2 N–H and O–H groups in total. The van der Waals surface area contributed by atoms with E-state index in [1.54, 1.807) is 0 Å². The summed E-state index contributed by atoms with van der Waals surface area (Å²) in [7, 11) is 0. The van der Waals surface area contributed by atoms with E-state index in [9.17, 15) is 13.2 Å². The maximum atomic E-state index is 12.6. The van der Waals surface area contributed by atoms with E-state index in [2.05, 4.69) is 6.58 Å². The second kappa shape index (κ2) is 4.24. The van der Waals surface area contributed by atoms with Crippen molar-refractivity contribution in [3.63, 3.8) is 0 Å². The second-order valence-electron chi connectivity index (χ2n) is 2.97. The molecule has 0 radical (unpaired) electrons. The van der Waals surface area contributed by atoms with Crippen molar-refractivity contribution < 1.29 is 13.2 Å². The highest BCUT2D eigenvalue weighted by molar-refractivity contribution is 6.32. The lowest BCUT2D eigenvalue weighted by atomic mass is 10.0. The van der Waals surface area contributed by atoms with Crippen LogP contribution in [0.1, 0.15) is 11.1 Å². The van der Waals surface area contributed by atoms with Crippen LogP contribution in [0.3, 0.4) is 0 Å². The Balaban J connectivity index is 3.40. The Morgan fingerprint density at radius 3 is 2.47 bits per heavy atom. The van der Waals surface area contributed by atoms with E-state index in [1.807, 2.05) is 0 Å². The molecule has 0 unspecified atom stereocenters. The molecule has 1 rings (SSSR count). The van der Waals surface area contributed by atoms with Crippen molar-refractivity contribution >= 4 is 17.2 Å². The van der Waals surface area contributed by atoms with Crippen LogP contribution in [0.5, 0.6) is 0 Å². The van der Waals surface area contributed by atoms with Crippen molar-refractivity contribution in [2.45, 2.75) is 6.18 Å². The van der Waals surface area contributed by atoms with Crippen LogP contribution >= 0.6 is 11.6 Å². The smallest absolute Gasteiger partial charge is 0.326 e. The first-order valence-electron chi connectivity index (χ1n) is 4.12. The maximum Gasteiger partial charge on any atom is 0.417 e. The lowest BCUT2D eigenvalue weighted by Gasteiger charge is -2.14. The second-order valence-corrected chi connectivity index (χ2v) is 3.38. The van der Waals surface area contributed by atoms with Crippen LogP contribution in [0.25, 0.3) is 5.57 Å². The Labute approximate surface area is 90.3 Å². The molecule has 15 heavy (non-hydrogen) atoms. The third-order valence-electron chi connectivity index (χ3n) is 1.92. The van der Waals surface area contributed by atoms with Crippen LogP contribution in [0.4, 0.5) is 13.2 Å². The first kappa shape index (κ1) is 12.1. The molecule has 0 amide bonds. The Bertz CT molecular complexity index is 385. The van der Waals surface area contributed by atoms with Gasteiger partial charge >= 0.3 is 6.18 Å². The van der Waals surface area contributed by atoms with Crippen molar-refractivity contribution in [3.8, 4) is 0 Å². The van der Waals surface area contributed by atoms with E-state index in [0.29, 0.717) is 0 Å². The summed E-state index contributed by atoms with van der Waals surface area (Å²) in [6.45, 7) is 3.41. The van der Waals surface area contributed by atoms with E-state index in [1.165, 1.54) is 12.1 Å². The summed E-state index contributed by atoms with van der Waals surface area (Å²) >= 11 is 5.69. The molecular weight excluding hydrogens is 227 g/mol. The molecule has 5 heteroatoms. The van der Waals surface area contributed by atoms with Crippen LogP contribution in [0.15, 0.2) is 24.8 Å². The minimum absolute atomic E-state index is 0.0141. The zero-order chi connectivity index (χ0) is 11.6. The first-order chi connectivity index (χ1) is 6.88. The molecule has 1 aromatic carbocycles. The van der Waals surface area contributed by atoms with Gasteiger partial charge in [0.15, 0.2) is 0 Å². The Hall–Kier alpha value is -1.00. The summed E-state index contributed by atoms with van der Waals surface area (Å²) in [5.74, 6) is 0. The predicted molar refractivity (Wildman–Crippen MR) is 54.5 cm³/mol. The molecule has 0 saturated carbocycles. The SMILES string of the molecule is C=C(CN)c1c(Cl)cccc1C(F)(F)F. The predicted octanol–water partition coefficient (Wildman–Crippen LogP) is 3.33. The number of halogens is 4. The third-order valence-corrected chi connectivity index (χ3v) is 2.23. The van der Waals surface area contributed by atoms with Gasteiger partial charge in [-0.1, -0.05) is 24.2 Å². The number of rotatable bonds is 2. The Kier molecular flexibility index (Phi) is 3.42. The van der Waals surface area contributed by atoms with Gasteiger partial charge in [-0.15, -0.1) is 0 Å². The molecule has 0 atom stereocenters. The van der Waals surface area contributed by atoms with Crippen LogP contribution < -0.4 is 5.73 Å². The summed E-state index contributed by atoms with van der Waals surface area (Å²) < 4.78 is 37.8. The minimum Gasteiger partial charge on any atom is -0.326 e. The lowest BCUT2D eigenvalue weighted by Crippen LogP contribution is -2.12. The normalized spacial score (nSPS) is 11.5. The van der Waals surface area contributed by atoms with Gasteiger partial charge in [0, 0.05) is 17.1 Å². The van der Waals surface area contributed by atoms with Crippen LogP contribution in [0, 0.1) is 0 Å². The highest BCUT2D eigenvalue weighted by atomic mass is 35.5. The van der Waals surface area contributed by atoms with Crippen LogP contribution in [-0.4, -0.2) is 6.54 Å². The van der Waals surface area contributed by atoms with Crippen molar-refractivity contribution in [1.29, 1.82) is 0 Å². The molecule has 0 bridgehead atoms. The third kappa shape index (κ3) is 2.52. The molecule has 0 aliphatic heterocycles. The van der Waals surface area contributed by atoms with Crippen molar-refractivity contribution in [3.05, 3.63) is 40.9 Å². The zero-order valence-electron chi connectivity index (χ0n) is 7.74. The van der Waals surface area contributed by atoms with E-state index in [-0.39, 0.29) is 22.7 Å². The molecule has 0 fully saturated rings. The van der Waals surface area contributed by atoms with Gasteiger partial charge in [-0.3, -0.25) is 0 Å². The molecule has 0 heterocycles. The summed E-state index contributed by atoms with van der Waals surface area (Å²) in [5.41, 5.74) is 4.52. The largest absolute Gasteiger partial charge is 0.417 e. The molecule has 0 aromatic heterocycles. The number of nitrogens with two attached hydrogens (primary N) is 1. The van der Waals surface area contributed by atoms with E-state index in [0.717, 1.165) is 6.07 Å². The number of hydrogen-bond donors (Lipinski definition) is 1. The van der Waals surface area contributed by atoms with Crippen molar-refractivity contribution in [2.75, 3.05) is 6.54 Å². The standard InChI is InChI=1S/C10H9ClF3N/c1-6(5-15)9-7(10(12,13)14)3-2-4-8(9)11/h2-4H,1,5,15H2. The highest BCUT2D eigenvalue weighted by Crippen LogP contribution is 2.37. The Morgan fingerprint density at radius 2 is 2.00 bits per heavy atom. The average Bonchev–Trinajstić information content (AvgIpc) is 2.15. The maximum absolute atomic E-state index is 12.6. The first-order valence-corrected chi connectivity index (χ1v) is 4.49. The van der Waals surface area contributed by atoms with E-state index >= 15 is 0 Å². The van der Waals surface area contributed by atoms with E-state index < -0.39 is 11.7 Å². The Morgan fingerprint density at radius 1 is 1.40 bits per heavy atom. The topological polar surface area (TPSA) is 26.0 Å². The van der Waals surface area contributed by atoms with Crippen molar-refractivity contribution in [1.82, 2.24) is 0 Å². The highest BCUT2D eigenvalue weighted by Gasteiger charge is 2.34. The van der Waals surface area contributed by atoms with Gasteiger partial charge < -0.3 is 5.73 Å². The molecule has 1 aromatic rings. The molecule has 0 spiro atoms. The van der Waals surface area contributed by atoms with Crippen molar-refractivity contribution in [2.24, 2.45) is 5.73 Å². The fourth-order valence-corrected chi connectivity index (χ4v) is 1.53. The van der Waals surface area contributed by atoms with Gasteiger partial charge in [-0.25, -0.2) is 0 Å². The van der Waals surface area contributed by atoms with Gasteiger partial charge in [0.2, 0.25) is 0 Å². The van der Waals surface area contributed by atoms with Gasteiger partial charge in [-0.2, -0.15) is 13.2 Å². The van der Waals surface area contributed by atoms with Gasteiger partial charge in [-0.05, 0) is 17.7 Å². The monoisotopic (exact) mass is 235 g/mol. The van der Waals surface area contributed by atoms with Gasteiger partial charge in [0.1, 0.15) is 0 Å². The summed E-state index contributed by atoms with van der Waals surface area (Å²) in [6.07, 6.45) is -4.45. The molecule has 0 saturated heterocycles. The average molecular weight is 236 g/mol. The van der Waals surface area contributed by atoms with E-state index in [4.69, 9.17) is 17.3 Å². The number of alkyl halides is 3.